The van der Waals surface area contributed by atoms with Crippen molar-refractivity contribution in [1.82, 2.24) is 4.90 Å². The van der Waals surface area contributed by atoms with E-state index in [2.05, 4.69) is 19.2 Å². The average molecular weight is 601 g/mol. The third-order valence-electron chi connectivity index (χ3n) is 9.33. The van der Waals surface area contributed by atoms with Crippen molar-refractivity contribution in [3.8, 4) is 5.75 Å². The van der Waals surface area contributed by atoms with E-state index in [0.29, 0.717) is 41.2 Å². The minimum absolute atomic E-state index is 0.146. The molecule has 230 valence electrons. The van der Waals surface area contributed by atoms with Gasteiger partial charge in [0.1, 0.15) is 5.75 Å². The SMILES string of the molecule is CCCCOc1ccc(C(=O)N2C(CCCC)C(c3ccccc3)C(C(=O)c3ccccc3)C23C(=O)Nc2ccccc23)cc1. The van der Waals surface area contributed by atoms with Crippen LogP contribution in [0.5, 0.6) is 5.75 Å². The molecule has 2 amide bonds. The van der Waals surface area contributed by atoms with Crippen LogP contribution in [0.15, 0.2) is 109 Å². The standard InChI is InChI=1S/C39H40N2O4/c1-3-5-21-33-34(27-15-9-7-10-16-27)35(36(42)28-17-11-8-12-18-28)39(31-19-13-14-20-32(31)40-38(39)44)41(33)37(43)29-22-24-30(25-23-29)45-26-6-4-2/h7-20,22-25,33-35H,3-6,21,26H2,1-2H3,(H,40,44). The number of para-hydroxylation sites is 1. The topological polar surface area (TPSA) is 75.7 Å². The average Bonchev–Trinajstić information content (AvgIpc) is 3.55. The molecular formula is C39H40N2O4. The highest BCUT2D eigenvalue weighted by Crippen LogP contribution is 2.60. The molecule has 45 heavy (non-hydrogen) atoms. The van der Waals surface area contributed by atoms with Crippen molar-refractivity contribution < 1.29 is 19.1 Å². The molecular weight excluding hydrogens is 560 g/mol. The second-order valence-corrected chi connectivity index (χ2v) is 12.0. The van der Waals surface area contributed by atoms with Gasteiger partial charge in [-0.05, 0) is 48.7 Å². The first kappa shape index (κ1) is 30.3. The number of fused-ring (bicyclic) bond motifs is 2. The number of carbonyl (C=O) groups excluding carboxylic acids is 3. The molecule has 4 aromatic rings. The Hall–Kier alpha value is -4.71. The summed E-state index contributed by atoms with van der Waals surface area (Å²) in [6.45, 7) is 4.84. The molecule has 0 aliphatic carbocycles. The number of anilines is 1. The van der Waals surface area contributed by atoms with Crippen molar-refractivity contribution in [2.75, 3.05) is 11.9 Å². The number of unbranched alkanes of at least 4 members (excludes halogenated alkanes) is 2. The molecule has 4 atom stereocenters. The Morgan fingerprint density at radius 2 is 1.42 bits per heavy atom. The summed E-state index contributed by atoms with van der Waals surface area (Å²) in [5.74, 6) is -1.33. The Bertz CT molecular complexity index is 1650. The first-order valence-electron chi connectivity index (χ1n) is 16.1. The van der Waals surface area contributed by atoms with Crippen LogP contribution >= 0.6 is 0 Å². The maximum absolute atomic E-state index is 15.0. The van der Waals surface area contributed by atoms with Crippen LogP contribution in [0.4, 0.5) is 5.69 Å². The molecule has 4 aromatic carbocycles. The first-order chi connectivity index (χ1) is 22.0. The smallest absolute Gasteiger partial charge is 0.255 e. The Kier molecular flexibility index (Phi) is 8.83. The molecule has 1 fully saturated rings. The fourth-order valence-electron chi connectivity index (χ4n) is 7.29. The van der Waals surface area contributed by atoms with E-state index >= 15 is 0 Å². The van der Waals surface area contributed by atoms with Gasteiger partial charge in [0.2, 0.25) is 0 Å². The normalized spacial score (nSPS) is 21.9. The van der Waals surface area contributed by atoms with E-state index in [4.69, 9.17) is 4.74 Å². The summed E-state index contributed by atoms with van der Waals surface area (Å²) in [7, 11) is 0. The number of ether oxygens (including phenoxy) is 1. The van der Waals surface area contributed by atoms with Crippen LogP contribution in [0, 0.1) is 5.92 Å². The number of nitrogens with one attached hydrogen (secondary N) is 1. The third-order valence-corrected chi connectivity index (χ3v) is 9.33. The molecule has 1 saturated heterocycles. The Morgan fingerprint density at radius 1 is 0.778 bits per heavy atom. The van der Waals surface area contributed by atoms with E-state index in [1.165, 1.54) is 0 Å². The number of carbonyl (C=O) groups is 3. The first-order valence-corrected chi connectivity index (χ1v) is 16.1. The monoisotopic (exact) mass is 600 g/mol. The summed E-state index contributed by atoms with van der Waals surface area (Å²) in [6, 6.07) is 33.4. The van der Waals surface area contributed by atoms with Gasteiger partial charge in [-0.1, -0.05) is 112 Å². The highest BCUT2D eigenvalue weighted by molar-refractivity contribution is 6.15. The molecule has 0 radical (unpaired) electrons. The van der Waals surface area contributed by atoms with E-state index in [-0.39, 0.29) is 17.6 Å². The van der Waals surface area contributed by atoms with Gasteiger partial charge in [0.05, 0.1) is 12.5 Å². The van der Waals surface area contributed by atoms with Crippen molar-refractivity contribution in [3.05, 3.63) is 131 Å². The summed E-state index contributed by atoms with van der Waals surface area (Å²) >= 11 is 0. The molecule has 6 nitrogen and oxygen atoms in total. The zero-order valence-electron chi connectivity index (χ0n) is 25.9. The number of Topliss-reactive ketones (excluding diaryl/α,β-unsaturated/α-hetero) is 1. The maximum Gasteiger partial charge on any atom is 0.255 e. The predicted octanol–water partition coefficient (Wildman–Crippen LogP) is 8.01. The molecule has 0 saturated carbocycles. The number of likely N-dealkylation sites (tertiary alicyclic amines) is 1. The number of hydrogen-bond acceptors (Lipinski definition) is 4. The van der Waals surface area contributed by atoms with Gasteiger partial charge < -0.3 is 15.0 Å². The van der Waals surface area contributed by atoms with Gasteiger partial charge in [0.25, 0.3) is 11.8 Å². The molecule has 1 N–H and O–H groups in total. The number of ketones is 1. The molecule has 4 unspecified atom stereocenters. The van der Waals surface area contributed by atoms with Crippen LogP contribution in [0.3, 0.4) is 0 Å². The van der Waals surface area contributed by atoms with Crippen molar-refractivity contribution in [3.63, 3.8) is 0 Å². The van der Waals surface area contributed by atoms with Crippen LogP contribution in [-0.4, -0.2) is 35.1 Å². The molecule has 1 spiro atoms. The minimum atomic E-state index is -1.55. The molecule has 6 heteroatoms. The molecule has 2 aliphatic rings. The number of amides is 2. The van der Waals surface area contributed by atoms with E-state index in [1.54, 1.807) is 29.2 Å². The Balaban J connectivity index is 1.58. The summed E-state index contributed by atoms with van der Waals surface area (Å²) < 4.78 is 5.88. The largest absolute Gasteiger partial charge is 0.494 e. The maximum atomic E-state index is 15.0. The van der Waals surface area contributed by atoms with Crippen LogP contribution < -0.4 is 10.1 Å². The lowest BCUT2D eigenvalue weighted by atomic mass is 9.69. The van der Waals surface area contributed by atoms with Crippen LogP contribution in [0.2, 0.25) is 0 Å². The molecule has 0 bridgehead atoms. The molecule has 2 aliphatic heterocycles. The lowest BCUT2D eigenvalue weighted by molar-refractivity contribution is -0.127. The van der Waals surface area contributed by atoms with Gasteiger partial charge >= 0.3 is 0 Å². The van der Waals surface area contributed by atoms with E-state index in [9.17, 15) is 14.4 Å². The zero-order valence-corrected chi connectivity index (χ0v) is 25.9. The Labute approximate surface area is 265 Å². The van der Waals surface area contributed by atoms with Crippen LogP contribution in [0.1, 0.15) is 83.7 Å². The number of nitrogens with zero attached hydrogens (tertiary/aromatic N) is 1. The summed E-state index contributed by atoms with van der Waals surface area (Å²) in [5.41, 5.74) is 1.67. The Morgan fingerprint density at radius 3 is 2.11 bits per heavy atom. The lowest BCUT2D eigenvalue weighted by Gasteiger charge is -2.39. The fourth-order valence-corrected chi connectivity index (χ4v) is 7.29. The van der Waals surface area contributed by atoms with Gasteiger partial charge in [-0.15, -0.1) is 0 Å². The van der Waals surface area contributed by atoms with Gasteiger partial charge in [-0.25, -0.2) is 0 Å². The minimum Gasteiger partial charge on any atom is -0.494 e. The van der Waals surface area contributed by atoms with Crippen molar-refractivity contribution in [2.24, 2.45) is 5.92 Å². The van der Waals surface area contributed by atoms with Crippen molar-refractivity contribution in [2.45, 2.75) is 63.5 Å². The predicted molar refractivity (Wildman–Crippen MR) is 177 cm³/mol. The van der Waals surface area contributed by atoms with Crippen LogP contribution in [-0.2, 0) is 10.3 Å². The fraction of sp³-hybridized carbons (Fsp3) is 0.308. The zero-order chi connectivity index (χ0) is 31.4. The summed E-state index contributed by atoms with van der Waals surface area (Å²) in [6.07, 6.45) is 4.38. The van der Waals surface area contributed by atoms with Gasteiger partial charge in [-0.3, -0.25) is 14.4 Å². The van der Waals surface area contributed by atoms with Gasteiger partial charge in [0.15, 0.2) is 11.3 Å². The van der Waals surface area contributed by atoms with Crippen molar-refractivity contribution >= 4 is 23.3 Å². The number of benzene rings is 4. The van der Waals surface area contributed by atoms with Crippen LogP contribution in [0.25, 0.3) is 0 Å². The molecule has 0 aromatic heterocycles. The second kappa shape index (κ2) is 13.1. The molecule has 6 rings (SSSR count). The van der Waals surface area contributed by atoms with Gasteiger partial charge in [0, 0.05) is 34.3 Å². The second-order valence-electron chi connectivity index (χ2n) is 12.0. The van der Waals surface area contributed by atoms with E-state index in [0.717, 1.165) is 31.2 Å². The summed E-state index contributed by atoms with van der Waals surface area (Å²) in [5, 5.41) is 3.08. The van der Waals surface area contributed by atoms with Crippen molar-refractivity contribution in [1.29, 1.82) is 0 Å². The van der Waals surface area contributed by atoms with E-state index < -0.39 is 23.4 Å². The number of rotatable bonds is 11. The highest BCUT2D eigenvalue weighted by Gasteiger charge is 2.69. The van der Waals surface area contributed by atoms with E-state index in [1.807, 2.05) is 84.9 Å². The lowest BCUT2D eigenvalue weighted by Crippen LogP contribution is -2.56. The quantitative estimate of drug-likeness (QED) is 0.140. The van der Waals surface area contributed by atoms with Gasteiger partial charge in [-0.2, -0.15) is 0 Å². The molecule has 2 heterocycles. The summed E-state index contributed by atoms with van der Waals surface area (Å²) in [4.78, 5) is 46.3. The highest BCUT2D eigenvalue weighted by atomic mass is 16.5. The number of hydrogen-bond donors (Lipinski definition) is 1. The third kappa shape index (κ3) is 5.33.